The zero-order chi connectivity index (χ0) is 12.3. The lowest BCUT2D eigenvalue weighted by atomic mass is 9.98. The maximum atomic E-state index is 3.62. The van der Waals surface area contributed by atoms with Crippen molar-refractivity contribution in [2.24, 2.45) is 0 Å². The highest BCUT2D eigenvalue weighted by Crippen LogP contribution is 2.19. The van der Waals surface area contributed by atoms with Crippen LogP contribution >= 0.6 is 0 Å². The van der Waals surface area contributed by atoms with E-state index in [2.05, 4.69) is 55.3 Å². The van der Waals surface area contributed by atoms with Gasteiger partial charge in [-0.1, -0.05) is 17.7 Å². The monoisotopic (exact) mass is 232 g/mol. The second-order valence-electron chi connectivity index (χ2n) is 5.74. The number of hydrogen-bond acceptors (Lipinski definition) is 2. The summed E-state index contributed by atoms with van der Waals surface area (Å²) in [6.07, 6.45) is 2.41. The molecule has 2 heteroatoms. The standard InChI is InChI=1S/C15H24N2/c1-13-5-7-14(8-6-13)17-11-4-10-16-15(2,3)9-12-17/h5-8,16H,4,9-12H2,1-3H3. The third-order valence-electron chi connectivity index (χ3n) is 3.61. The molecule has 17 heavy (non-hydrogen) atoms. The number of nitrogens with one attached hydrogen (secondary N) is 1. The molecule has 2 nitrogen and oxygen atoms in total. The molecule has 94 valence electrons. The molecule has 1 aromatic carbocycles. The van der Waals surface area contributed by atoms with Crippen LogP contribution in [0.5, 0.6) is 0 Å². The van der Waals surface area contributed by atoms with E-state index >= 15 is 0 Å². The number of aryl methyl sites for hydroxylation is 1. The first-order chi connectivity index (χ1) is 8.07. The van der Waals surface area contributed by atoms with E-state index in [1.165, 1.54) is 24.1 Å². The molecular weight excluding hydrogens is 208 g/mol. The Hall–Kier alpha value is -1.02. The molecule has 1 aromatic rings. The Morgan fingerprint density at radius 1 is 1.12 bits per heavy atom. The zero-order valence-corrected chi connectivity index (χ0v) is 11.3. The third kappa shape index (κ3) is 3.47. The first-order valence-corrected chi connectivity index (χ1v) is 6.63. The topological polar surface area (TPSA) is 15.3 Å². The highest BCUT2D eigenvalue weighted by molar-refractivity contribution is 5.47. The van der Waals surface area contributed by atoms with Gasteiger partial charge in [0.25, 0.3) is 0 Å². The number of rotatable bonds is 1. The summed E-state index contributed by atoms with van der Waals surface area (Å²) >= 11 is 0. The minimum atomic E-state index is 0.267. The Labute approximate surface area is 105 Å². The number of anilines is 1. The van der Waals surface area contributed by atoms with Crippen LogP contribution in [0.2, 0.25) is 0 Å². The molecule has 0 saturated carbocycles. The zero-order valence-electron chi connectivity index (χ0n) is 11.3. The van der Waals surface area contributed by atoms with E-state index in [-0.39, 0.29) is 5.54 Å². The van der Waals surface area contributed by atoms with Crippen molar-refractivity contribution in [1.29, 1.82) is 0 Å². The van der Waals surface area contributed by atoms with Gasteiger partial charge in [0, 0.05) is 24.3 Å². The average molecular weight is 232 g/mol. The lowest BCUT2D eigenvalue weighted by molar-refractivity contribution is 0.347. The van der Waals surface area contributed by atoms with E-state index < -0.39 is 0 Å². The predicted octanol–water partition coefficient (Wildman–Crippen LogP) is 2.96. The van der Waals surface area contributed by atoms with Gasteiger partial charge in [0.2, 0.25) is 0 Å². The summed E-state index contributed by atoms with van der Waals surface area (Å²) in [4.78, 5) is 2.52. The molecule has 1 N–H and O–H groups in total. The van der Waals surface area contributed by atoms with Crippen LogP contribution in [0.15, 0.2) is 24.3 Å². The Bertz CT molecular complexity index is 354. The molecule has 1 saturated heterocycles. The van der Waals surface area contributed by atoms with Crippen LogP contribution in [0, 0.1) is 6.92 Å². The van der Waals surface area contributed by atoms with Gasteiger partial charge in [0.1, 0.15) is 0 Å². The number of benzene rings is 1. The Morgan fingerprint density at radius 3 is 2.53 bits per heavy atom. The summed E-state index contributed by atoms with van der Waals surface area (Å²) in [6.45, 7) is 10.2. The van der Waals surface area contributed by atoms with Gasteiger partial charge >= 0.3 is 0 Å². The largest absolute Gasteiger partial charge is 0.371 e. The quantitative estimate of drug-likeness (QED) is 0.801. The molecular formula is C15H24N2. The van der Waals surface area contributed by atoms with Crippen molar-refractivity contribution < 1.29 is 0 Å². The smallest absolute Gasteiger partial charge is 0.0366 e. The molecule has 0 unspecified atom stereocenters. The third-order valence-corrected chi connectivity index (χ3v) is 3.61. The van der Waals surface area contributed by atoms with Gasteiger partial charge in [-0.15, -0.1) is 0 Å². The molecule has 2 rings (SSSR count). The minimum Gasteiger partial charge on any atom is -0.371 e. The normalized spacial score (nSPS) is 20.8. The summed E-state index contributed by atoms with van der Waals surface area (Å²) in [5.74, 6) is 0. The lowest BCUT2D eigenvalue weighted by Crippen LogP contribution is -2.46. The van der Waals surface area contributed by atoms with Gasteiger partial charge in [-0.25, -0.2) is 0 Å². The molecule has 1 aliphatic heterocycles. The Morgan fingerprint density at radius 2 is 1.82 bits per heavy atom. The molecule has 0 aromatic heterocycles. The lowest BCUT2D eigenvalue weighted by Gasteiger charge is -2.35. The van der Waals surface area contributed by atoms with E-state index in [1.54, 1.807) is 0 Å². The van der Waals surface area contributed by atoms with Crippen molar-refractivity contribution in [3.8, 4) is 0 Å². The predicted molar refractivity (Wildman–Crippen MR) is 74.7 cm³/mol. The van der Waals surface area contributed by atoms with E-state index in [1.807, 2.05) is 0 Å². The maximum absolute atomic E-state index is 3.62. The van der Waals surface area contributed by atoms with Gasteiger partial charge in [0.15, 0.2) is 0 Å². The van der Waals surface area contributed by atoms with Crippen LogP contribution < -0.4 is 10.2 Å². The second-order valence-corrected chi connectivity index (χ2v) is 5.74. The molecule has 1 heterocycles. The van der Waals surface area contributed by atoms with Crippen LogP contribution in [-0.4, -0.2) is 25.2 Å². The first-order valence-electron chi connectivity index (χ1n) is 6.63. The number of nitrogens with zero attached hydrogens (tertiary/aromatic N) is 1. The van der Waals surface area contributed by atoms with Crippen molar-refractivity contribution in [2.45, 2.75) is 39.2 Å². The van der Waals surface area contributed by atoms with Gasteiger partial charge in [-0.3, -0.25) is 0 Å². The van der Waals surface area contributed by atoms with Crippen LogP contribution in [0.1, 0.15) is 32.3 Å². The van der Waals surface area contributed by atoms with Crippen molar-refractivity contribution in [3.05, 3.63) is 29.8 Å². The summed E-state index contributed by atoms with van der Waals surface area (Å²) in [5.41, 5.74) is 2.97. The van der Waals surface area contributed by atoms with Crippen molar-refractivity contribution >= 4 is 5.69 Å². The summed E-state index contributed by atoms with van der Waals surface area (Å²) < 4.78 is 0. The van der Waals surface area contributed by atoms with Crippen molar-refractivity contribution in [3.63, 3.8) is 0 Å². The van der Waals surface area contributed by atoms with E-state index in [4.69, 9.17) is 0 Å². The molecule has 0 atom stereocenters. The van der Waals surface area contributed by atoms with Crippen LogP contribution in [-0.2, 0) is 0 Å². The Balaban J connectivity index is 2.07. The highest BCUT2D eigenvalue weighted by Gasteiger charge is 2.20. The molecule has 0 amide bonds. The second kappa shape index (κ2) is 5.09. The molecule has 0 radical (unpaired) electrons. The summed E-state index contributed by atoms with van der Waals surface area (Å²) in [5, 5.41) is 3.62. The van der Waals surface area contributed by atoms with Crippen LogP contribution in [0.25, 0.3) is 0 Å². The van der Waals surface area contributed by atoms with Gasteiger partial charge in [-0.2, -0.15) is 0 Å². The van der Waals surface area contributed by atoms with E-state index in [9.17, 15) is 0 Å². The van der Waals surface area contributed by atoms with E-state index in [0.29, 0.717) is 0 Å². The summed E-state index contributed by atoms with van der Waals surface area (Å²) in [6, 6.07) is 8.91. The molecule has 0 spiro atoms. The first kappa shape index (κ1) is 12.4. The Kier molecular flexibility index (Phi) is 3.72. The summed E-state index contributed by atoms with van der Waals surface area (Å²) in [7, 11) is 0. The highest BCUT2D eigenvalue weighted by atomic mass is 15.1. The minimum absolute atomic E-state index is 0.267. The van der Waals surface area contributed by atoms with E-state index in [0.717, 1.165) is 19.6 Å². The molecule has 1 fully saturated rings. The van der Waals surface area contributed by atoms with Gasteiger partial charge < -0.3 is 10.2 Å². The maximum Gasteiger partial charge on any atom is 0.0366 e. The van der Waals surface area contributed by atoms with Crippen LogP contribution in [0.4, 0.5) is 5.69 Å². The van der Waals surface area contributed by atoms with Crippen molar-refractivity contribution in [1.82, 2.24) is 5.32 Å². The molecule has 0 bridgehead atoms. The SMILES string of the molecule is Cc1ccc(N2CCCNC(C)(C)CC2)cc1. The number of hydrogen-bond donors (Lipinski definition) is 1. The average Bonchev–Trinajstić information content (AvgIpc) is 2.27. The van der Waals surface area contributed by atoms with Crippen molar-refractivity contribution in [2.75, 3.05) is 24.5 Å². The fourth-order valence-corrected chi connectivity index (χ4v) is 2.33. The molecule has 1 aliphatic rings. The van der Waals surface area contributed by atoms with Crippen LogP contribution in [0.3, 0.4) is 0 Å². The molecule has 0 aliphatic carbocycles. The fraction of sp³-hybridized carbons (Fsp3) is 0.600. The van der Waals surface area contributed by atoms with Gasteiger partial charge in [0.05, 0.1) is 0 Å². The fourth-order valence-electron chi connectivity index (χ4n) is 2.33. The van der Waals surface area contributed by atoms with Gasteiger partial charge in [-0.05, 0) is 52.3 Å².